The second kappa shape index (κ2) is 8.10. The Morgan fingerprint density at radius 2 is 1.74 bits per heavy atom. The number of nitrogens with one attached hydrogen (secondary N) is 2. The van der Waals surface area contributed by atoms with Crippen LogP contribution in [0.5, 0.6) is 0 Å². The van der Waals surface area contributed by atoms with Crippen molar-refractivity contribution in [2.45, 2.75) is 0 Å². The molecule has 0 fully saturated rings. The van der Waals surface area contributed by atoms with Gasteiger partial charge in [-0.1, -0.05) is 51.3 Å². The van der Waals surface area contributed by atoms with Gasteiger partial charge in [0.15, 0.2) is 0 Å². The Morgan fingerprint density at radius 3 is 2.43 bits per heavy atom. The van der Waals surface area contributed by atoms with Crippen LogP contribution in [0, 0.1) is 0 Å². The van der Waals surface area contributed by atoms with Gasteiger partial charge in [-0.05, 0) is 30.3 Å². The zero-order chi connectivity index (χ0) is 16.8. The Bertz CT molecular complexity index is 764. The van der Waals surface area contributed by atoms with Crippen molar-refractivity contribution in [2.75, 3.05) is 5.32 Å². The fraction of sp³-hybridized carbons (Fsp3) is 0. The molecule has 0 atom stereocenters. The largest absolute Gasteiger partial charge is 0.329 e. The van der Waals surface area contributed by atoms with Gasteiger partial charge in [0, 0.05) is 15.7 Å². The van der Waals surface area contributed by atoms with E-state index in [1.54, 1.807) is 42.5 Å². The first kappa shape index (κ1) is 17.5. The Labute approximate surface area is 150 Å². The van der Waals surface area contributed by atoms with Gasteiger partial charge in [-0.2, -0.15) is 5.10 Å². The minimum absolute atomic E-state index is 0.312. The van der Waals surface area contributed by atoms with Crippen LogP contribution in [0.15, 0.2) is 52.0 Å². The summed E-state index contributed by atoms with van der Waals surface area (Å²) in [6.07, 6.45) is 1.30. The van der Waals surface area contributed by atoms with E-state index in [-0.39, 0.29) is 0 Å². The minimum Gasteiger partial charge on any atom is -0.318 e. The van der Waals surface area contributed by atoms with E-state index in [2.05, 4.69) is 31.8 Å². The van der Waals surface area contributed by atoms with Gasteiger partial charge in [0.25, 0.3) is 0 Å². The number of rotatable bonds is 3. The van der Waals surface area contributed by atoms with Gasteiger partial charge in [-0.25, -0.2) is 5.43 Å². The molecule has 2 N–H and O–H groups in total. The van der Waals surface area contributed by atoms with Crippen LogP contribution >= 0.6 is 39.1 Å². The average molecular weight is 415 g/mol. The summed E-state index contributed by atoms with van der Waals surface area (Å²) in [4.78, 5) is 23.4. The fourth-order valence-electron chi connectivity index (χ4n) is 1.55. The molecule has 0 radical (unpaired) electrons. The fourth-order valence-corrected chi connectivity index (χ4v) is 2.17. The predicted octanol–water partition coefficient (Wildman–Crippen LogP) is 3.84. The molecular weight excluding hydrogens is 405 g/mol. The van der Waals surface area contributed by atoms with Gasteiger partial charge < -0.3 is 5.32 Å². The standard InChI is InChI=1S/C15H10BrCl2N3O2/c16-10-4-6-11(7-5-10)20-14(22)15(23)21-19-8-9-2-1-3-12(17)13(9)18/h1-8H,(H,20,22)(H,21,23). The summed E-state index contributed by atoms with van der Waals surface area (Å²) >= 11 is 15.1. The number of hydrogen-bond acceptors (Lipinski definition) is 3. The molecule has 0 aliphatic rings. The molecule has 0 aromatic heterocycles. The molecule has 5 nitrogen and oxygen atoms in total. The summed E-state index contributed by atoms with van der Waals surface area (Å²) < 4.78 is 0.864. The van der Waals surface area contributed by atoms with Gasteiger partial charge in [0.2, 0.25) is 0 Å². The van der Waals surface area contributed by atoms with Crippen molar-refractivity contribution in [3.05, 3.63) is 62.5 Å². The number of benzene rings is 2. The van der Waals surface area contributed by atoms with Gasteiger partial charge in [-0.3, -0.25) is 9.59 Å². The molecule has 0 aliphatic carbocycles. The second-order valence-electron chi connectivity index (χ2n) is 4.30. The van der Waals surface area contributed by atoms with Gasteiger partial charge >= 0.3 is 11.8 Å². The van der Waals surface area contributed by atoms with Crippen LogP contribution < -0.4 is 10.7 Å². The highest BCUT2D eigenvalue weighted by atomic mass is 79.9. The average Bonchev–Trinajstić information content (AvgIpc) is 2.53. The first-order valence-corrected chi connectivity index (χ1v) is 7.86. The van der Waals surface area contributed by atoms with Crippen LogP contribution in [0.1, 0.15) is 5.56 Å². The molecule has 0 bridgehead atoms. The number of carbonyl (C=O) groups is 2. The topological polar surface area (TPSA) is 70.6 Å². The lowest BCUT2D eigenvalue weighted by Gasteiger charge is -2.04. The number of hydrazone groups is 1. The molecule has 2 rings (SSSR count). The molecule has 0 heterocycles. The third-order valence-corrected chi connectivity index (χ3v) is 4.02. The number of anilines is 1. The first-order valence-electron chi connectivity index (χ1n) is 6.31. The maximum Gasteiger partial charge on any atom is 0.329 e. The highest BCUT2D eigenvalue weighted by molar-refractivity contribution is 9.10. The molecule has 8 heteroatoms. The predicted molar refractivity (Wildman–Crippen MR) is 95.0 cm³/mol. The van der Waals surface area contributed by atoms with Crippen molar-refractivity contribution in [2.24, 2.45) is 5.10 Å². The normalized spacial score (nSPS) is 10.6. The molecule has 0 saturated heterocycles. The van der Waals surface area contributed by atoms with Gasteiger partial charge in [0.1, 0.15) is 0 Å². The maximum absolute atomic E-state index is 11.7. The lowest BCUT2D eigenvalue weighted by atomic mass is 10.2. The molecule has 2 amide bonds. The third-order valence-electron chi connectivity index (χ3n) is 2.66. The lowest BCUT2D eigenvalue weighted by Crippen LogP contribution is -2.32. The molecule has 118 valence electrons. The molecule has 0 aliphatic heterocycles. The van der Waals surface area contributed by atoms with Crippen molar-refractivity contribution in [1.29, 1.82) is 0 Å². The Hall–Kier alpha value is -1.89. The lowest BCUT2D eigenvalue weighted by molar-refractivity contribution is -0.136. The highest BCUT2D eigenvalue weighted by Gasteiger charge is 2.12. The van der Waals surface area contributed by atoms with E-state index in [9.17, 15) is 9.59 Å². The number of amides is 2. The van der Waals surface area contributed by atoms with Crippen molar-refractivity contribution in [3.8, 4) is 0 Å². The van der Waals surface area contributed by atoms with Crippen LogP contribution in [0.2, 0.25) is 10.0 Å². The van der Waals surface area contributed by atoms with E-state index in [0.717, 1.165) is 4.47 Å². The summed E-state index contributed by atoms with van der Waals surface area (Å²) in [6.45, 7) is 0. The van der Waals surface area contributed by atoms with E-state index in [4.69, 9.17) is 23.2 Å². The summed E-state index contributed by atoms with van der Waals surface area (Å²) in [5.41, 5.74) is 3.13. The smallest absolute Gasteiger partial charge is 0.318 e. The number of halogens is 3. The van der Waals surface area contributed by atoms with Crippen LogP contribution in [-0.2, 0) is 9.59 Å². The van der Waals surface area contributed by atoms with Crippen molar-refractivity contribution >= 4 is 62.8 Å². The Balaban J connectivity index is 1.93. The molecule has 0 unspecified atom stereocenters. The van der Waals surface area contributed by atoms with Crippen molar-refractivity contribution in [3.63, 3.8) is 0 Å². The van der Waals surface area contributed by atoms with Crippen molar-refractivity contribution in [1.82, 2.24) is 5.43 Å². The van der Waals surface area contributed by atoms with Crippen LogP contribution in [-0.4, -0.2) is 18.0 Å². The SMILES string of the molecule is O=C(NN=Cc1cccc(Cl)c1Cl)C(=O)Nc1ccc(Br)cc1. The summed E-state index contributed by atoms with van der Waals surface area (Å²) in [7, 11) is 0. The highest BCUT2D eigenvalue weighted by Crippen LogP contribution is 2.24. The van der Waals surface area contributed by atoms with E-state index < -0.39 is 11.8 Å². The van der Waals surface area contributed by atoms with Gasteiger partial charge in [0.05, 0.1) is 16.3 Å². The molecule has 0 saturated carbocycles. The van der Waals surface area contributed by atoms with E-state index in [1.807, 2.05) is 0 Å². The molecule has 0 spiro atoms. The number of nitrogens with zero attached hydrogens (tertiary/aromatic N) is 1. The monoisotopic (exact) mass is 413 g/mol. The molecular formula is C15H10BrCl2N3O2. The maximum atomic E-state index is 11.7. The molecule has 2 aromatic rings. The van der Waals surface area contributed by atoms with E-state index >= 15 is 0 Å². The van der Waals surface area contributed by atoms with Crippen LogP contribution in [0.25, 0.3) is 0 Å². The number of hydrogen-bond donors (Lipinski definition) is 2. The molecule has 2 aromatic carbocycles. The zero-order valence-corrected chi connectivity index (χ0v) is 14.6. The van der Waals surface area contributed by atoms with Crippen LogP contribution in [0.3, 0.4) is 0 Å². The summed E-state index contributed by atoms with van der Waals surface area (Å²) in [6, 6.07) is 11.8. The van der Waals surface area contributed by atoms with E-state index in [1.165, 1.54) is 6.21 Å². The van der Waals surface area contributed by atoms with Crippen molar-refractivity contribution < 1.29 is 9.59 Å². The summed E-state index contributed by atoms with van der Waals surface area (Å²) in [5.74, 6) is -1.73. The second-order valence-corrected chi connectivity index (χ2v) is 6.00. The summed E-state index contributed by atoms with van der Waals surface area (Å²) in [5, 5.41) is 6.81. The number of carbonyl (C=O) groups excluding carboxylic acids is 2. The quantitative estimate of drug-likeness (QED) is 0.455. The zero-order valence-electron chi connectivity index (χ0n) is 11.5. The molecule has 23 heavy (non-hydrogen) atoms. The Kier molecular flexibility index (Phi) is 6.15. The van der Waals surface area contributed by atoms with Crippen LogP contribution in [0.4, 0.5) is 5.69 Å². The first-order chi connectivity index (χ1) is 11.0. The minimum atomic E-state index is -0.901. The van der Waals surface area contributed by atoms with Gasteiger partial charge in [-0.15, -0.1) is 0 Å². The van der Waals surface area contributed by atoms with E-state index in [0.29, 0.717) is 21.3 Å². The third kappa shape index (κ3) is 5.06. The Morgan fingerprint density at radius 1 is 1.04 bits per heavy atom.